The van der Waals surface area contributed by atoms with Crippen LogP contribution in [0, 0.1) is 0 Å². The zero-order valence-corrected chi connectivity index (χ0v) is 21.1. The van der Waals surface area contributed by atoms with Gasteiger partial charge >= 0.3 is 5.97 Å². The average molecular weight is 540 g/mol. The molecule has 0 N–H and O–H groups in total. The molecule has 1 heterocycles. The fourth-order valence-corrected chi connectivity index (χ4v) is 4.08. The fourth-order valence-electron chi connectivity index (χ4n) is 3.81. The lowest BCUT2D eigenvalue weighted by molar-refractivity contribution is -0.129. The number of carbonyl (C=O) groups is 1. The van der Waals surface area contributed by atoms with E-state index in [-0.39, 0.29) is 11.6 Å². The van der Waals surface area contributed by atoms with E-state index in [2.05, 4.69) is 20.9 Å². The van der Waals surface area contributed by atoms with Gasteiger partial charge in [0.25, 0.3) is 0 Å². The maximum Gasteiger partial charge on any atom is 0.363 e. The van der Waals surface area contributed by atoms with Crippen molar-refractivity contribution in [1.29, 1.82) is 0 Å². The fraction of sp³-hybridized carbons (Fsp3) is 0.0667. The van der Waals surface area contributed by atoms with E-state index in [0.29, 0.717) is 23.7 Å². The smallest absolute Gasteiger partial charge is 0.363 e. The molecule has 178 valence electrons. The van der Waals surface area contributed by atoms with Gasteiger partial charge in [-0.05, 0) is 53.1 Å². The first-order valence-corrected chi connectivity index (χ1v) is 12.1. The molecule has 5 rings (SSSR count). The van der Waals surface area contributed by atoms with Gasteiger partial charge in [-0.2, -0.15) is 0 Å². The van der Waals surface area contributed by atoms with Gasteiger partial charge in [0, 0.05) is 15.6 Å². The number of para-hydroxylation sites is 1. The van der Waals surface area contributed by atoms with Gasteiger partial charge in [-0.3, -0.25) is 0 Å². The summed E-state index contributed by atoms with van der Waals surface area (Å²) >= 11 is 3.44. The number of halogens is 1. The number of esters is 1. The van der Waals surface area contributed by atoms with Gasteiger partial charge in [-0.1, -0.05) is 82.7 Å². The Balaban J connectivity index is 1.41. The molecule has 5 nitrogen and oxygen atoms in total. The van der Waals surface area contributed by atoms with E-state index in [9.17, 15) is 4.79 Å². The molecule has 0 aromatic heterocycles. The van der Waals surface area contributed by atoms with Gasteiger partial charge in [-0.15, -0.1) is 0 Å². The summed E-state index contributed by atoms with van der Waals surface area (Å²) in [5.41, 5.74) is 4.78. The maximum atomic E-state index is 12.6. The number of methoxy groups -OCH3 is 1. The van der Waals surface area contributed by atoms with E-state index in [4.69, 9.17) is 14.2 Å². The Morgan fingerprint density at radius 1 is 0.833 bits per heavy atom. The van der Waals surface area contributed by atoms with E-state index in [1.165, 1.54) is 0 Å². The van der Waals surface area contributed by atoms with Gasteiger partial charge in [0.15, 0.2) is 17.2 Å². The Bertz CT molecular complexity index is 1440. The van der Waals surface area contributed by atoms with Crippen molar-refractivity contribution in [2.75, 3.05) is 7.11 Å². The lowest BCUT2D eigenvalue weighted by atomic mass is 10.0. The van der Waals surface area contributed by atoms with Crippen molar-refractivity contribution in [2.24, 2.45) is 4.99 Å². The number of carbonyl (C=O) groups excluding carboxylic acids is 1. The van der Waals surface area contributed by atoms with Crippen LogP contribution >= 0.6 is 15.9 Å². The highest BCUT2D eigenvalue weighted by molar-refractivity contribution is 9.10. The zero-order chi connectivity index (χ0) is 24.9. The molecule has 0 radical (unpaired) electrons. The number of rotatable bonds is 7. The number of aliphatic imine (C=N–C) groups is 1. The predicted octanol–water partition coefficient (Wildman–Crippen LogP) is 7.05. The summed E-state index contributed by atoms with van der Waals surface area (Å²) in [6.07, 6.45) is 1.66. The van der Waals surface area contributed by atoms with Gasteiger partial charge in [-0.25, -0.2) is 9.79 Å². The maximum absolute atomic E-state index is 12.6. The summed E-state index contributed by atoms with van der Waals surface area (Å²) in [5, 5.41) is 0. The van der Waals surface area contributed by atoms with Gasteiger partial charge in [0.2, 0.25) is 5.90 Å². The molecule has 0 amide bonds. The Kier molecular flexibility index (Phi) is 6.96. The van der Waals surface area contributed by atoms with E-state index in [0.717, 1.165) is 26.7 Å². The molecule has 4 aromatic rings. The molecular weight excluding hydrogens is 518 g/mol. The van der Waals surface area contributed by atoms with Crippen molar-refractivity contribution in [3.05, 3.63) is 124 Å². The Labute approximate surface area is 217 Å². The quantitative estimate of drug-likeness (QED) is 0.186. The minimum absolute atomic E-state index is 0.193. The summed E-state index contributed by atoms with van der Waals surface area (Å²) in [6, 6.07) is 31.2. The molecule has 1 aliphatic rings. The van der Waals surface area contributed by atoms with Crippen LogP contribution in [0.1, 0.15) is 16.7 Å². The average Bonchev–Trinajstić information content (AvgIpc) is 3.29. The van der Waals surface area contributed by atoms with Gasteiger partial charge in [0.05, 0.1) is 7.11 Å². The second-order valence-corrected chi connectivity index (χ2v) is 8.99. The third-order valence-electron chi connectivity index (χ3n) is 5.68. The van der Waals surface area contributed by atoms with Gasteiger partial charge < -0.3 is 14.2 Å². The molecule has 0 atom stereocenters. The van der Waals surface area contributed by atoms with Crippen molar-refractivity contribution in [1.82, 2.24) is 0 Å². The molecule has 4 aromatic carbocycles. The molecule has 0 spiro atoms. The van der Waals surface area contributed by atoms with Crippen molar-refractivity contribution in [3.63, 3.8) is 0 Å². The Morgan fingerprint density at radius 2 is 1.53 bits per heavy atom. The zero-order valence-electron chi connectivity index (χ0n) is 19.5. The number of cyclic esters (lactones) is 1. The molecule has 0 saturated carbocycles. The molecule has 6 heteroatoms. The first-order valence-electron chi connectivity index (χ1n) is 11.3. The van der Waals surface area contributed by atoms with Crippen LogP contribution in [0.15, 0.2) is 112 Å². The molecular formula is C30H22BrNO4. The third-order valence-corrected chi connectivity index (χ3v) is 6.21. The lowest BCUT2D eigenvalue weighted by Crippen LogP contribution is -2.05. The molecule has 0 bridgehead atoms. The second-order valence-electron chi connectivity index (χ2n) is 8.07. The van der Waals surface area contributed by atoms with Crippen LogP contribution in [0.3, 0.4) is 0 Å². The molecule has 1 aliphatic heterocycles. The first kappa shape index (κ1) is 23.6. The first-order chi connectivity index (χ1) is 17.6. The monoisotopic (exact) mass is 539 g/mol. The van der Waals surface area contributed by atoms with E-state index >= 15 is 0 Å². The van der Waals surface area contributed by atoms with Crippen LogP contribution in [0.2, 0.25) is 0 Å². The normalized spacial score (nSPS) is 13.9. The van der Waals surface area contributed by atoms with Crippen molar-refractivity contribution in [3.8, 4) is 22.6 Å². The van der Waals surface area contributed by atoms with Crippen molar-refractivity contribution < 1.29 is 19.0 Å². The van der Waals surface area contributed by atoms with Crippen LogP contribution in [0.4, 0.5) is 0 Å². The van der Waals surface area contributed by atoms with Crippen LogP contribution < -0.4 is 9.47 Å². The predicted molar refractivity (Wildman–Crippen MR) is 144 cm³/mol. The van der Waals surface area contributed by atoms with Crippen molar-refractivity contribution >= 4 is 33.9 Å². The Hall–Kier alpha value is -4.16. The molecule has 0 saturated heterocycles. The van der Waals surface area contributed by atoms with Crippen LogP contribution in [0.25, 0.3) is 17.2 Å². The summed E-state index contributed by atoms with van der Waals surface area (Å²) in [7, 11) is 1.58. The molecule has 36 heavy (non-hydrogen) atoms. The summed E-state index contributed by atoms with van der Waals surface area (Å²) in [6.45, 7) is 0.344. The van der Waals surface area contributed by atoms with E-state index in [1.807, 2.05) is 97.1 Å². The minimum atomic E-state index is -0.515. The van der Waals surface area contributed by atoms with Crippen molar-refractivity contribution in [2.45, 2.75) is 6.61 Å². The van der Waals surface area contributed by atoms with E-state index < -0.39 is 5.97 Å². The topological polar surface area (TPSA) is 57.1 Å². The number of hydrogen-bond donors (Lipinski definition) is 0. The highest BCUT2D eigenvalue weighted by Gasteiger charge is 2.25. The number of benzene rings is 4. The summed E-state index contributed by atoms with van der Waals surface area (Å²) in [5.74, 6) is 0.845. The highest BCUT2D eigenvalue weighted by Crippen LogP contribution is 2.34. The molecule has 0 fully saturated rings. The van der Waals surface area contributed by atoms with Crippen LogP contribution in [-0.2, 0) is 16.1 Å². The molecule has 0 aliphatic carbocycles. The second kappa shape index (κ2) is 10.6. The Morgan fingerprint density at radius 3 is 2.25 bits per heavy atom. The standard InChI is InChI=1S/C30H22BrNO4/c1-34-27-9-5-8-24(28(27)35-19-20-10-16-25(31)17-11-20)18-26-30(33)36-29(32-26)23-14-12-22(13-15-23)21-6-3-2-4-7-21/h2-18H,19H2,1H3/b26-18-. The van der Waals surface area contributed by atoms with E-state index in [1.54, 1.807) is 13.2 Å². The SMILES string of the molecule is COc1cccc(/C=C2\N=C(c3ccc(-c4ccccc4)cc3)OC2=O)c1OCc1ccc(Br)cc1. The number of nitrogens with zero attached hydrogens (tertiary/aromatic N) is 1. The number of ether oxygens (including phenoxy) is 3. The lowest BCUT2D eigenvalue weighted by Gasteiger charge is -2.13. The summed E-state index contributed by atoms with van der Waals surface area (Å²) in [4.78, 5) is 17.1. The van der Waals surface area contributed by atoms with Crippen LogP contribution in [-0.4, -0.2) is 19.0 Å². The highest BCUT2D eigenvalue weighted by atomic mass is 79.9. The minimum Gasteiger partial charge on any atom is -0.493 e. The summed E-state index contributed by atoms with van der Waals surface area (Å²) < 4.78 is 18.1. The third kappa shape index (κ3) is 5.24. The van der Waals surface area contributed by atoms with Crippen LogP contribution in [0.5, 0.6) is 11.5 Å². The van der Waals surface area contributed by atoms with Gasteiger partial charge in [0.1, 0.15) is 6.61 Å². The number of hydrogen-bond acceptors (Lipinski definition) is 5. The largest absolute Gasteiger partial charge is 0.493 e. The molecule has 0 unspecified atom stereocenters.